The molecule has 0 unspecified atom stereocenters. The number of halogens is 3. The summed E-state index contributed by atoms with van der Waals surface area (Å²) in [5.41, 5.74) is -2.55. The van der Waals surface area contributed by atoms with Gasteiger partial charge in [-0.2, -0.15) is 13.2 Å². The van der Waals surface area contributed by atoms with Crippen molar-refractivity contribution in [2.75, 3.05) is 31.1 Å². The molecule has 0 N–H and O–H groups in total. The molecule has 0 radical (unpaired) electrons. The minimum atomic E-state index is -4.98. The fourth-order valence-electron chi connectivity index (χ4n) is 3.80. The highest BCUT2D eigenvalue weighted by Crippen LogP contribution is 2.43. The largest absolute Gasteiger partial charge is 0.416 e. The molecular weight excluding hydrogens is 457 g/mol. The Bertz CT molecular complexity index is 1080. The van der Waals surface area contributed by atoms with Gasteiger partial charge in [-0.25, -0.2) is 0 Å². The number of anilines is 1. The van der Waals surface area contributed by atoms with Crippen LogP contribution in [0.25, 0.3) is 0 Å². The van der Waals surface area contributed by atoms with Crippen LogP contribution in [-0.4, -0.2) is 46.8 Å². The van der Waals surface area contributed by atoms with Crippen LogP contribution in [0.1, 0.15) is 42.3 Å². The number of carbonyl (C=O) groups is 1. The second kappa shape index (κ2) is 8.92. The van der Waals surface area contributed by atoms with Gasteiger partial charge >= 0.3 is 6.18 Å². The Morgan fingerprint density at radius 2 is 1.32 bits per heavy atom. The van der Waals surface area contributed by atoms with Gasteiger partial charge in [0.15, 0.2) is 5.69 Å². The van der Waals surface area contributed by atoms with E-state index in [0.717, 1.165) is 5.56 Å². The first kappa shape index (κ1) is 24.9. The zero-order valence-electron chi connectivity index (χ0n) is 18.8. The van der Waals surface area contributed by atoms with Crippen LogP contribution in [-0.2, 0) is 11.6 Å². The molecule has 1 fully saturated rings. The van der Waals surface area contributed by atoms with E-state index in [1.54, 1.807) is 12.1 Å². The Morgan fingerprint density at radius 1 is 0.853 bits per heavy atom. The predicted molar refractivity (Wildman–Crippen MR) is 118 cm³/mol. The van der Waals surface area contributed by atoms with E-state index >= 15 is 0 Å². The number of nitro benzene ring substituents is 2. The highest BCUT2D eigenvalue weighted by atomic mass is 19.4. The van der Waals surface area contributed by atoms with Gasteiger partial charge in [-0.1, -0.05) is 32.9 Å². The zero-order valence-corrected chi connectivity index (χ0v) is 18.8. The first-order chi connectivity index (χ1) is 15.7. The Balaban J connectivity index is 1.85. The number of hydrogen-bond acceptors (Lipinski definition) is 6. The van der Waals surface area contributed by atoms with Crippen molar-refractivity contribution in [3.63, 3.8) is 0 Å². The molecule has 0 spiro atoms. The maximum absolute atomic E-state index is 13.1. The van der Waals surface area contributed by atoms with E-state index in [1.807, 2.05) is 32.9 Å². The molecule has 182 valence electrons. The first-order valence-corrected chi connectivity index (χ1v) is 10.4. The minimum absolute atomic E-state index is 0.0150. The van der Waals surface area contributed by atoms with Gasteiger partial charge in [0.25, 0.3) is 17.3 Å². The van der Waals surface area contributed by atoms with Crippen molar-refractivity contribution in [1.82, 2.24) is 4.90 Å². The zero-order chi connectivity index (χ0) is 25.4. The second-order valence-electron chi connectivity index (χ2n) is 8.98. The number of piperazine rings is 1. The van der Waals surface area contributed by atoms with Gasteiger partial charge in [-0.15, -0.1) is 0 Å². The molecule has 1 saturated heterocycles. The lowest BCUT2D eigenvalue weighted by molar-refractivity contribution is -0.393. The molecule has 1 heterocycles. The number of benzene rings is 2. The van der Waals surface area contributed by atoms with E-state index in [9.17, 15) is 38.2 Å². The molecule has 0 atom stereocenters. The Morgan fingerprint density at radius 3 is 1.71 bits per heavy atom. The standard InChI is InChI=1S/C22H23F3N4O5/c1-21(2,3)15-6-4-14(5-7-15)20(30)27-10-8-26(9-11-27)19-17(28(31)32)12-16(22(23,24)25)13-18(19)29(33)34/h4-7,12-13H,8-11H2,1-3H3. The van der Waals surface area contributed by atoms with Crippen LogP contribution < -0.4 is 4.90 Å². The van der Waals surface area contributed by atoms with Crippen molar-refractivity contribution < 1.29 is 27.8 Å². The van der Waals surface area contributed by atoms with Gasteiger partial charge < -0.3 is 9.80 Å². The fraction of sp³-hybridized carbons (Fsp3) is 0.409. The molecular formula is C22H23F3N4O5. The number of hydrogen-bond donors (Lipinski definition) is 0. The van der Waals surface area contributed by atoms with E-state index < -0.39 is 38.6 Å². The van der Waals surface area contributed by atoms with E-state index in [4.69, 9.17) is 0 Å². The molecule has 9 nitrogen and oxygen atoms in total. The Labute approximate surface area is 193 Å². The third-order valence-corrected chi connectivity index (χ3v) is 5.67. The topological polar surface area (TPSA) is 110 Å². The van der Waals surface area contributed by atoms with Crippen LogP contribution >= 0.6 is 0 Å². The molecule has 1 aliphatic heterocycles. The van der Waals surface area contributed by atoms with Crippen LogP contribution in [0.3, 0.4) is 0 Å². The molecule has 12 heteroatoms. The molecule has 0 bridgehead atoms. The lowest BCUT2D eigenvalue weighted by Gasteiger charge is -2.35. The maximum Gasteiger partial charge on any atom is 0.416 e. The molecule has 2 aromatic carbocycles. The number of nitrogens with zero attached hydrogens (tertiary/aromatic N) is 4. The van der Waals surface area contributed by atoms with Crippen molar-refractivity contribution in [2.24, 2.45) is 0 Å². The van der Waals surface area contributed by atoms with Gasteiger partial charge in [0.1, 0.15) is 0 Å². The normalized spacial score (nSPS) is 14.8. The molecule has 1 amide bonds. The quantitative estimate of drug-likeness (QED) is 0.460. The number of nitro groups is 2. The predicted octanol–water partition coefficient (Wildman–Crippen LogP) is 4.78. The summed E-state index contributed by atoms with van der Waals surface area (Å²) in [6.07, 6.45) is -4.98. The molecule has 1 aliphatic rings. The average Bonchev–Trinajstić information content (AvgIpc) is 2.76. The summed E-state index contributed by atoms with van der Waals surface area (Å²) in [6.45, 7) is 6.29. The van der Waals surface area contributed by atoms with Gasteiger partial charge in [-0.05, 0) is 23.1 Å². The molecule has 2 aromatic rings. The summed E-state index contributed by atoms with van der Waals surface area (Å²) < 4.78 is 39.4. The summed E-state index contributed by atoms with van der Waals surface area (Å²) in [5, 5.41) is 23.0. The first-order valence-electron chi connectivity index (χ1n) is 10.4. The van der Waals surface area contributed by atoms with E-state index in [1.165, 1.54) is 9.80 Å². The lowest BCUT2D eigenvalue weighted by atomic mass is 9.86. The number of amides is 1. The highest BCUT2D eigenvalue weighted by Gasteiger charge is 2.40. The van der Waals surface area contributed by atoms with E-state index in [0.29, 0.717) is 17.7 Å². The SMILES string of the molecule is CC(C)(C)c1ccc(C(=O)N2CCN(c3c([N+](=O)[O-])cc(C(F)(F)F)cc3[N+](=O)[O-])CC2)cc1. The third kappa shape index (κ3) is 5.10. The van der Waals surface area contributed by atoms with Crippen LogP contribution in [0.15, 0.2) is 36.4 Å². The van der Waals surface area contributed by atoms with Gasteiger partial charge in [-0.3, -0.25) is 25.0 Å². The summed E-state index contributed by atoms with van der Waals surface area (Å²) >= 11 is 0. The molecule has 0 saturated carbocycles. The van der Waals surface area contributed by atoms with Gasteiger partial charge in [0.2, 0.25) is 0 Å². The summed E-state index contributed by atoms with van der Waals surface area (Å²) in [5.74, 6) is -0.267. The van der Waals surface area contributed by atoms with Gasteiger partial charge in [0, 0.05) is 43.9 Å². The van der Waals surface area contributed by atoms with Crippen molar-refractivity contribution >= 4 is 23.0 Å². The van der Waals surface area contributed by atoms with Crippen molar-refractivity contribution in [2.45, 2.75) is 32.4 Å². The van der Waals surface area contributed by atoms with Gasteiger partial charge in [0.05, 0.1) is 15.4 Å². The summed E-state index contributed by atoms with van der Waals surface area (Å²) in [4.78, 5) is 36.5. The number of rotatable bonds is 4. The third-order valence-electron chi connectivity index (χ3n) is 5.67. The van der Waals surface area contributed by atoms with Crippen LogP contribution in [0, 0.1) is 20.2 Å². The molecule has 0 aromatic heterocycles. The van der Waals surface area contributed by atoms with E-state index in [-0.39, 0.29) is 37.5 Å². The molecule has 34 heavy (non-hydrogen) atoms. The Kier molecular flexibility index (Phi) is 6.54. The Hall–Kier alpha value is -3.70. The van der Waals surface area contributed by atoms with Crippen LogP contribution in [0.4, 0.5) is 30.2 Å². The second-order valence-corrected chi connectivity index (χ2v) is 8.98. The van der Waals surface area contributed by atoms with Crippen LogP contribution in [0.2, 0.25) is 0 Å². The number of carbonyl (C=O) groups excluding carboxylic acids is 1. The summed E-state index contributed by atoms with van der Waals surface area (Å²) in [7, 11) is 0. The van der Waals surface area contributed by atoms with Crippen molar-refractivity contribution in [1.29, 1.82) is 0 Å². The minimum Gasteiger partial charge on any atom is -0.357 e. The molecule has 3 rings (SSSR count). The molecule has 0 aliphatic carbocycles. The lowest BCUT2D eigenvalue weighted by Crippen LogP contribution is -2.49. The van der Waals surface area contributed by atoms with Crippen molar-refractivity contribution in [3.8, 4) is 0 Å². The highest BCUT2D eigenvalue weighted by molar-refractivity contribution is 5.94. The maximum atomic E-state index is 13.1. The summed E-state index contributed by atoms with van der Waals surface area (Å²) in [6, 6.07) is 7.74. The van der Waals surface area contributed by atoms with Crippen LogP contribution in [0.5, 0.6) is 0 Å². The number of alkyl halides is 3. The smallest absolute Gasteiger partial charge is 0.357 e. The van der Waals surface area contributed by atoms with Crippen molar-refractivity contribution in [3.05, 3.63) is 73.3 Å². The van der Waals surface area contributed by atoms with E-state index in [2.05, 4.69) is 0 Å². The average molecular weight is 480 g/mol. The monoisotopic (exact) mass is 480 g/mol. The fourth-order valence-corrected chi connectivity index (χ4v) is 3.80.